The predicted molar refractivity (Wildman–Crippen MR) is 57.1 cm³/mol. The molecule has 0 radical (unpaired) electrons. The Hall–Kier alpha value is -0.590. The third kappa shape index (κ3) is 2.20. The van der Waals surface area contributed by atoms with Gasteiger partial charge in [0.05, 0.1) is 7.11 Å². The normalized spacial score (nSPS) is 10.5. The van der Waals surface area contributed by atoms with Gasteiger partial charge in [0.2, 0.25) is 11.8 Å². The molecule has 1 heterocycles. The molecule has 1 rings (SSSR count). The third-order valence-corrected chi connectivity index (χ3v) is 2.27. The van der Waals surface area contributed by atoms with E-state index in [1.807, 2.05) is 36.4 Å². The zero-order valence-electron chi connectivity index (χ0n) is 7.71. The average Bonchev–Trinajstić information content (AvgIpc) is 2.03. The second-order valence-electron chi connectivity index (χ2n) is 2.89. The van der Waals surface area contributed by atoms with E-state index in [4.69, 9.17) is 4.74 Å². The summed E-state index contributed by atoms with van der Waals surface area (Å²) in [5, 5.41) is 9.45. The third-order valence-electron chi connectivity index (χ3n) is 1.57. The van der Waals surface area contributed by atoms with Gasteiger partial charge in [-0.2, -0.15) is 0 Å². The minimum absolute atomic E-state index is 0.0137. The van der Waals surface area contributed by atoms with Gasteiger partial charge in [0.25, 0.3) is 0 Å². The lowest BCUT2D eigenvalue weighted by atomic mass is 10.1. The van der Waals surface area contributed by atoms with Crippen LogP contribution in [0.25, 0.3) is 0 Å². The fourth-order valence-corrected chi connectivity index (χ4v) is 1.49. The summed E-state index contributed by atoms with van der Waals surface area (Å²) in [5.41, 5.74) is 0.567. The fraction of sp³-hybridized carbons (Fsp3) is 0.500. The lowest BCUT2D eigenvalue weighted by Gasteiger charge is -2.08. The molecule has 0 aromatic carbocycles. The molecule has 0 aliphatic heterocycles. The maximum absolute atomic E-state index is 9.45. The van der Waals surface area contributed by atoms with Crippen molar-refractivity contribution >= 4 is 22.6 Å². The molecule has 0 aliphatic rings. The lowest BCUT2D eigenvalue weighted by Crippen LogP contribution is -2.01. The monoisotopic (exact) mass is 294 g/mol. The van der Waals surface area contributed by atoms with Gasteiger partial charge in [-0.1, -0.05) is 13.8 Å². The molecule has 0 aliphatic carbocycles. The van der Waals surface area contributed by atoms with Crippen LogP contribution in [0.5, 0.6) is 11.8 Å². The SMILES string of the molecule is COc1nc(C(C)C)c(O)nc1I. The molecule has 4 nitrogen and oxygen atoms in total. The Morgan fingerprint density at radius 1 is 1.38 bits per heavy atom. The zero-order chi connectivity index (χ0) is 10.0. The smallest absolute Gasteiger partial charge is 0.246 e. The Balaban J connectivity index is 3.22. The summed E-state index contributed by atoms with van der Waals surface area (Å²) in [5.74, 6) is 0.584. The number of hydrogen-bond acceptors (Lipinski definition) is 4. The molecular formula is C8H11IN2O2. The molecule has 72 valence electrons. The van der Waals surface area contributed by atoms with E-state index >= 15 is 0 Å². The summed E-state index contributed by atoms with van der Waals surface area (Å²) in [6.45, 7) is 3.88. The molecular weight excluding hydrogens is 283 g/mol. The number of aromatic nitrogens is 2. The second kappa shape index (κ2) is 4.08. The maximum Gasteiger partial charge on any atom is 0.246 e. The number of methoxy groups -OCH3 is 1. The van der Waals surface area contributed by atoms with Crippen molar-refractivity contribution in [1.29, 1.82) is 0 Å². The minimum Gasteiger partial charge on any atom is -0.492 e. The van der Waals surface area contributed by atoms with Crippen molar-refractivity contribution < 1.29 is 9.84 Å². The standard InChI is InChI=1S/C8H11IN2O2/c1-4(2)5-7(12)11-6(9)8(10-5)13-3/h4H,1-3H3,(H,11,12). The van der Waals surface area contributed by atoms with Crippen LogP contribution < -0.4 is 4.74 Å². The number of aromatic hydroxyl groups is 1. The highest BCUT2D eigenvalue weighted by Crippen LogP contribution is 2.26. The molecule has 0 spiro atoms. The first-order chi connectivity index (χ1) is 6.06. The van der Waals surface area contributed by atoms with Crippen molar-refractivity contribution in [2.75, 3.05) is 7.11 Å². The van der Waals surface area contributed by atoms with E-state index in [9.17, 15) is 5.11 Å². The summed E-state index contributed by atoms with van der Waals surface area (Å²) < 4.78 is 5.57. The molecule has 1 aromatic rings. The van der Waals surface area contributed by atoms with Gasteiger partial charge in [0, 0.05) is 5.92 Å². The van der Waals surface area contributed by atoms with Crippen molar-refractivity contribution in [3.63, 3.8) is 0 Å². The van der Waals surface area contributed by atoms with Gasteiger partial charge >= 0.3 is 0 Å². The topological polar surface area (TPSA) is 55.2 Å². The molecule has 0 saturated heterocycles. The van der Waals surface area contributed by atoms with Crippen LogP contribution in [-0.2, 0) is 0 Å². The van der Waals surface area contributed by atoms with Crippen LogP contribution in [0, 0.1) is 3.70 Å². The summed E-state index contributed by atoms with van der Waals surface area (Å²) in [6.07, 6.45) is 0. The van der Waals surface area contributed by atoms with E-state index in [0.29, 0.717) is 15.3 Å². The number of nitrogens with zero attached hydrogens (tertiary/aromatic N) is 2. The van der Waals surface area contributed by atoms with Gasteiger partial charge in [-0.3, -0.25) is 0 Å². The number of hydrogen-bond donors (Lipinski definition) is 1. The van der Waals surface area contributed by atoms with E-state index in [2.05, 4.69) is 9.97 Å². The van der Waals surface area contributed by atoms with E-state index in [1.54, 1.807) is 0 Å². The van der Waals surface area contributed by atoms with Crippen LogP contribution in [0.1, 0.15) is 25.5 Å². The van der Waals surface area contributed by atoms with E-state index in [-0.39, 0.29) is 11.8 Å². The second-order valence-corrected chi connectivity index (χ2v) is 3.91. The van der Waals surface area contributed by atoms with Crippen LogP contribution in [0.15, 0.2) is 0 Å². The van der Waals surface area contributed by atoms with Gasteiger partial charge in [-0.05, 0) is 22.6 Å². The Morgan fingerprint density at radius 2 is 2.00 bits per heavy atom. The summed E-state index contributed by atoms with van der Waals surface area (Å²) in [7, 11) is 1.54. The molecule has 1 N–H and O–H groups in total. The van der Waals surface area contributed by atoms with E-state index in [0.717, 1.165) is 0 Å². The van der Waals surface area contributed by atoms with Crippen LogP contribution in [0.3, 0.4) is 0 Å². The molecule has 5 heteroatoms. The number of ether oxygens (including phenoxy) is 1. The first-order valence-corrected chi connectivity index (χ1v) is 4.94. The predicted octanol–water partition coefficient (Wildman–Crippen LogP) is 1.92. The Kier molecular flexibility index (Phi) is 3.29. The van der Waals surface area contributed by atoms with Crippen molar-refractivity contribution in [2.24, 2.45) is 0 Å². The molecule has 1 aromatic heterocycles. The summed E-state index contributed by atoms with van der Waals surface area (Å²) >= 11 is 1.97. The first-order valence-electron chi connectivity index (χ1n) is 3.86. The molecule has 0 saturated carbocycles. The molecule has 0 unspecified atom stereocenters. The summed E-state index contributed by atoms with van der Waals surface area (Å²) in [6, 6.07) is 0. The highest BCUT2D eigenvalue weighted by Gasteiger charge is 2.13. The largest absolute Gasteiger partial charge is 0.492 e. The Bertz CT molecular complexity index is 315. The first kappa shape index (κ1) is 10.5. The molecule has 0 atom stereocenters. The van der Waals surface area contributed by atoms with Gasteiger partial charge in [-0.25, -0.2) is 9.97 Å². The highest BCUT2D eigenvalue weighted by atomic mass is 127. The van der Waals surface area contributed by atoms with Crippen molar-refractivity contribution in [3.05, 3.63) is 9.39 Å². The summed E-state index contributed by atoms with van der Waals surface area (Å²) in [4.78, 5) is 8.07. The minimum atomic E-state index is -0.0137. The van der Waals surface area contributed by atoms with Crippen LogP contribution in [0.4, 0.5) is 0 Å². The van der Waals surface area contributed by atoms with Crippen LogP contribution in [-0.4, -0.2) is 22.2 Å². The van der Waals surface area contributed by atoms with Gasteiger partial charge in [0.15, 0.2) is 3.70 Å². The van der Waals surface area contributed by atoms with Gasteiger partial charge < -0.3 is 9.84 Å². The quantitative estimate of drug-likeness (QED) is 0.847. The molecule has 0 bridgehead atoms. The molecule has 0 amide bonds. The Morgan fingerprint density at radius 3 is 2.46 bits per heavy atom. The van der Waals surface area contributed by atoms with E-state index < -0.39 is 0 Å². The Labute approximate surface area is 90.5 Å². The fourth-order valence-electron chi connectivity index (χ4n) is 0.921. The lowest BCUT2D eigenvalue weighted by molar-refractivity contribution is 0.376. The van der Waals surface area contributed by atoms with Gasteiger partial charge in [-0.15, -0.1) is 0 Å². The highest BCUT2D eigenvalue weighted by molar-refractivity contribution is 14.1. The molecule has 13 heavy (non-hydrogen) atoms. The molecule has 0 fully saturated rings. The van der Waals surface area contributed by atoms with Crippen molar-refractivity contribution in [3.8, 4) is 11.8 Å². The zero-order valence-corrected chi connectivity index (χ0v) is 9.86. The maximum atomic E-state index is 9.45. The van der Waals surface area contributed by atoms with Crippen LogP contribution >= 0.6 is 22.6 Å². The van der Waals surface area contributed by atoms with Gasteiger partial charge in [0.1, 0.15) is 5.69 Å². The van der Waals surface area contributed by atoms with E-state index in [1.165, 1.54) is 7.11 Å². The number of rotatable bonds is 2. The van der Waals surface area contributed by atoms with Crippen molar-refractivity contribution in [2.45, 2.75) is 19.8 Å². The van der Waals surface area contributed by atoms with Crippen LogP contribution in [0.2, 0.25) is 0 Å². The van der Waals surface area contributed by atoms with Crippen molar-refractivity contribution in [1.82, 2.24) is 9.97 Å². The average molecular weight is 294 g/mol. The number of halogens is 1.